The maximum atomic E-state index is 3.73. The van der Waals surface area contributed by atoms with E-state index in [1.54, 1.807) is 0 Å². The molecule has 0 aliphatic heterocycles. The number of hydrogen-bond donors (Lipinski definition) is 1. The van der Waals surface area contributed by atoms with Crippen LogP contribution >= 0.6 is 11.3 Å². The van der Waals surface area contributed by atoms with Gasteiger partial charge in [-0.3, -0.25) is 0 Å². The maximum absolute atomic E-state index is 3.73. The van der Waals surface area contributed by atoms with Crippen LogP contribution in [-0.4, -0.2) is 12.6 Å². The summed E-state index contributed by atoms with van der Waals surface area (Å²) >= 11 is 1.87. The summed E-state index contributed by atoms with van der Waals surface area (Å²) in [5.41, 5.74) is 0. The average molecular weight is 251 g/mol. The summed E-state index contributed by atoms with van der Waals surface area (Å²) < 4.78 is 0. The number of hydrogen-bond acceptors (Lipinski definition) is 2. The third kappa shape index (κ3) is 4.44. The second kappa shape index (κ2) is 7.17. The Morgan fingerprint density at radius 1 is 1.29 bits per heavy atom. The molecule has 1 saturated carbocycles. The first kappa shape index (κ1) is 13.1. The molecule has 1 fully saturated rings. The third-order valence-corrected chi connectivity index (χ3v) is 4.96. The van der Waals surface area contributed by atoms with Crippen LogP contribution < -0.4 is 5.32 Å². The molecule has 96 valence electrons. The molecule has 2 rings (SSSR count). The largest absolute Gasteiger partial charge is 0.314 e. The van der Waals surface area contributed by atoms with Crippen molar-refractivity contribution in [3.8, 4) is 0 Å². The Morgan fingerprint density at radius 2 is 2.06 bits per heavy atom. The molecule has 1 atom stereocenters. The molecule has 0 amide bonds. The Hall–Kier alpha value is -0.340. The molecule has 1 aromatic rings. The summed E-state index contributed by atoms with van der Waals surface area (Å²) in [5.74, 6) is 0.917. The quantitative estimate of drug-likeness (QED) is 0.772. The molecular formula is C15H25NS. The minimum atomic E-state index is 0.702. The van der Waals surface area contributed by atoms with Gasteiger partial charge in [-0.15, -0.1) is 11.3 Å². The summed E-state index contributed by atoms with van der Waals surface area (Å²) in [6.07, 6.45) is 9.87. The van der Waals surface area contributed by atoms with E-state index in [2.05, 4.69) is 29.8 Å². The van der Waals surface area contributed by atoms with E-state index in [1.807, 2.05) is 11.3 Å². The minimum Gasteiger partial charge on any atom is -0.314 e. The predicted octanol–water partition coefficient (Wildman–Crippen LogP) is 4.24. The lowest BCUT2D eigenvalue weighted by molar-refractivity contribution is 0.340. The van der Waals surface area contributed by atoms with Crippen LogP contribution in [0.4, 0.5) is 0 Å². The first-order valence-corrected chi connectivity index (χ1v) is 8.00. The van der Waals surface area contributed by atoms with E-state index in [-0.39, 0.29) is 0 Å². The first-order valence-electron chi connectivity index (χ1n) is 7.12. The van der Waals surface area contributed by atoms with Crippen LogP contribution in [0.25, 0.3) is 0 Å². The van der Waals surface area contributed by atoms with Gasteiger partial charge >= 0.3 is 0 Å². The third-order valence-electron chi connectivity index (χ3n) is 4.02. The standard InChI is InChI=1S/C15H25NS/c1-13(14-7-4-2-3-5-8-14)16-11-10-15-9-6-12-17-15/h6,9,12-14,16H,2-5,7-8,10-11H2,1H3/t13-/m0/s1. The number of rotatable bonds is 5. The Labute approximate surface area is 110 Å². The van der Waals surface area contributed by atoms with Crippen LogP contribution in [0.3, 0.4) is 0 Å². The number of nitrogens with one attached hydrogen (secondary N) is 1. The van der Waals surface area contributed by atoms with E-state index in [1.165, 1.54) is 49.8 Å². The first-order chi connectivity index (χ1) is 8.36. The lowest BCUT2D eigenvalue weighted by Crippen LogP contribution is -2.34. The summed E-state index contributed by atoms with van der Waals surface area (Å²) in [4.78, 5) is 1.51. The van der Waals surface area contributed by atoms with Crippen molar-refractivity contribution >= 4 is 11.3 Å². The van der Waals surface area contributed by atoms with Gasteiger partial charge in [-0.25, -0.2) is 0 Å². The summed E-state index contributed by atoms with van der Waals surface area (Å²) in [6.45, 7) is 3.52. The molecule has 1 nitrogen and oxygen atoms in total. The zero-order valence-corrected chi connectivity index (χ0v) is 11.8. The van der Waals surface area contributed by atoms with E-state index in [0.717, 1.165) is 12.5 Å². The van der Waals surface area contributed by atoms with Crippen LogP contribution in [-0.2, 0) is 6.42 Å². The SMILES string of the molecule is C[C@H](NCCc1cccs1)C1CCCCCC1. The predicted molar refractivity (Wildman–Crippen MR) is 76.7 cm³/mol. The molecule has 0 spiro atoms. The van der Waals surface area contributed by atoms with E-state index >= 15 is 0 Å². The second-order valence-corrected chi connectivity index (χ2v) is 6.36. The highest BCUT2D eigenvalue weighted by atomic mass is 32.1. The van der Waals surface area contributed by atoms with Crippen LogP contribution in [0.15, 0.2) is 17.5 Å². The van der Waals surface area contributed by atoms with Crippen molar-refractivity contribution in [3.63, 3.8) is 0 Å². The van der Waals surface area contributed by atoms with Crippen molar-refractivity contribution < 1.29 is 0 Å². The summed E-state index contributed by atoms with van der Waals surface area (Å²) in [6, 6.07) is 5.09. The Bertz CT molecular complexity index is 286. The fourth-order valence-electron chi connectivity index (χ4n) is 2.86. The lowest BCUT2D eigenvalue weighted by Gasteiger charge is -2.23. The zero-order chi connectivity index (χ0) is 11.9. The molecular weight excluding hydrogens is 226 g/mol. The summed E-state index contributed by atoms with van der Waals surface area (Å²) in [5, 5.41) is 5.90. The molecule has 1 aliphatic rings. The molecule has 1 heterocycles. The van der Waals surface area contributed by atoms with Crippen molar-refractivity contribution in [2.45, 2.75) is 57.9 Å². The van der Waals surface area contributed by atoms with E-state index in [9.17, 15) is 0 Å². The second-order valence-electron chi connectivity index (χ2n) is 5.32. The molecule has 0 saturated heterocycles. The molecule has 1 aromatic heterocycles. The molecule has 0 aromatic carbocycles. The average Bonchev–Trinajstić information content (AvgIpc) is 2.69. The van der Waals surface area contributed by atoms with Crippen molar-refractivity contribution in [1.82, 2.24) is 5.32 Å². The molecule has 0 unspecified atom stereocenters. The van der Waals surface area contributed by atoms with Crippen LogP contribution in [0.2, 0.25) is 0 Å². The zero-order valence-electron chi connectivity index (χ0n) is 11.0. The van der Waals surface area contributed by atoms with Gasteiger partial charge in [-0.2, -0.15) is 0 Å². The van der Waals surface area contributed by atoms with Gasteiger partial charge in [0, 0.05) is 17.5 Å². The Balaban J connectivity index is 1.67. The van der Waals surface area contributed by atoms with Crippen molar-refractivity contribution in [1.29, 1.82) is 0 Å². The lowest BCUT2D eigenvalue weighted by atomic mass is 9.93. The smallest absolute Gasteiger partial charge is 0.00671 e. The van der Waals surface area contributed by atoms with Gasteiger partial charge in [0.2, 0.25) is 0 Å². The van der Waals surface area contributed by atoms with Crippen LogP contribution in [0.5, 0.6) is 0 Å². The molecule has 1 aliphatic carbocycles. The molecule has 17 heavy (non-hydrogen) atoms. The van der Waals surface area contributed by atoms with Gasteiger partial charge in [-0.1, -0.05) is 31.7 Å². The summed E-state index contributed by atoms with van der Waals surface area (Å²) in [7, 11) is 0. The maximum Gasteiger partial charge on any atom is 0.00671 e. The monoisotopic (exact) mass is 251 g/mol. The van der Waals surface area contributed by atoms with E-state index in [4.69, 9.17) is 0 Å². The van der Waals surface area contributed by atoms with Gasteiger partial charge < -0.3 is 5.32 Å². The van der Waals surface area contributed by atoms with Gasteiger partial charge in [0.1, 0.15) is 0 Å². The van der Waals surface area contributed by atoms with Gasteiger partial charge in [0.05, 0.1) is 0 Å². The van der Waals surface area contributed by atoms with E-state index < -0.39 is 0 Å². The fraction of sp³-hybridized carbons (Fsp3) is 0.733. The molecule has 2 heteroatoms. The highest BCUT2D eigenvalue weighted by Gasteiger charge is 2.18. The van der Waals surface area contributed by atoms with Crippen LogP contribution in [0.1, 0.15) is 50.3 Å². The highest BCUT2D eigenvalue weighted by Crippen LogP contribution is 2.25. The van der Waals surface area contributed by atoms with Gasteiger partial charge in [0.25, 0.3) is 0 Å². The van der Waals surface area contributed by atoms with Gasteiger partial charge in [0.15, 0.2) is 0 Å². The van der Waals surface area contributed by atoms with Crippen molar-refractivity contribution in [2.75, 3.05) is 6.54 Å². The normalized spacial score (nSPS) is 20.1. The minimum absolute atomic E-state index is 0.702. The molecule has 0 radical (unpaired) electrons. The Morgan fingerprint density at radius 3 is 2.71 bits per heavy atom. The van der Waals surface area contributed by atoms with Crippen LogP contribution in [0, 0.1) is 5.92 Å². The fourth-order valence-corrected chi connectivity index (χ4v) is 3.56. The Kier molecular flexibility index (Phi) is 5.53. The molecule has 1 N–H and O–H groups in total. The van der Waals surface area contributed by atoms with E-state index in [0.29, 0.717) is 6.04 Å². The van der Waals surface area contributed by atoms with Crippen molar-refractivity contribution in [3.05, 3.63) is 22.4 Å². The highest BCUT2D eigenvalue weighted by molar-refractivity contribution is 7.09. The number of thiophene rings is 1. The molecule has 0 bridgehead atoms. The topological polar surface area (TPSA) is 12.0 Å². The van der Waals surface area contributed by atoms with Crippen molar-refractivity contribution in [2.24, 2.45) is 5.92 Å². The van der Waals surface area contributed by atoms with Gasteiger partial charge in [-0.05, 0) is 43.6 Å².